The number of benzene rings is 4. The largest absolute Gasteiger partial charge is 0.308 e. The molecule has 0 saturated heterocycles. The third-order valence-corrected chi connectivity index (χ3v) is 6.82. The predicted molar refractivity (Wildman–Crippen MR) is 142 cm³/mol. The number of hydrogen-bond donors (Lipinski definition) is 0. The van der Waals surface area contributed by atoms with E-state index in [1.54, 1.807) is 24.4 Å². The number of hydrogen-bond acceptors (Lipinski definition) is 3. The van der Waals surface area contributed by atoms with Crippen molar-refractivity contribution in [2.24, 2.45) is 0 Å². The van der Waals surface area contributed by atoms with Crippen molar-refractivity contribution in [3.8, 4) is 16.8 Å². The summed E-state index contributed by atoms with van der Waals surface area (Å²) in [6, 6.07) is 32.9. The number of fused-ring (bicyclic) bond motifs is 4. The van der Waals surface area contributed by atoms with Crippen molar-refractivity contribution >= 4 is 39.3 Å². The van der Waals surface area contributed by atoms with Gasteiger partial charge in [-0.25, -0.2) is 4.90 Å². The second-order valence-electron chi connectivity index (χ2n) is 8.78. The minimum absolute atomic E-state index is 0.309. The fraction of sp³-hybridized carbons (Fsp3) is 0. The Kier molecular flexibility index (Phi) is 4.38. The molecule has 7 rings (SSSR count). The van der Waals surface area contributed by atoms with Gasteiger partial charge in [-0.3, -0.25) is 14.6 Å². The highest BCUT2D eigenvalue weighted by Gasteiger charge is 2.39. The monoisotopic (exact) mass is 465 g/mol. The zero-order valence-corrected chi connectivity index (χ0v) is 19.1. The van der Waals surface area contributed by atoms with Gasteiger partial charge in [0.15, 0.2) is 0 Å². The molecule has 0 saturated carbocycles. The summed E-state index contributed by atoms with van der Waals surface area (Å²) in [6.45, 7) is 0. The van der Waals surface area contributed by atoms with E-state index in [1.165, 1.54) is 4.90 Å². The highest BCUT2D eigenvalue weighted by Crippen LogP contribution is 2.40. The molecule has 2 aromatic heterocycles. The Hall–Kier alpha value is -5.03. The van der Waals surface area contributed by atoms with Gasteiger partial charge >= 0.3 is 0 Å². The summed E-state index contributed by atoms with van der Waals surface area (Å²) in [5, 5.41) is 2.15. The van der Waals surface area contributed by atoms with Gasteiger partial charge in [0.05, 0.1) is 33.5 Å². The van der Waals surface area contributed by atoms with Crippen molar-refractivity contribution in [3.63, 3.8) is 0 Å². The normalized spacial score (nSPS) is 13.1. The summed E-state index contributed by atoms with van der Waals surface area (Å²) >= 11 is 0. The molecule has 0 bridgehead atoms. The van der Waals surface area contributed by atoms with E-state index in [-0.39, 0.29) is 11.8 Å². The molecule has 0 aliphatic carbocycles. The van der Waals surface area contributed by atoms with E-state index in [2.05, 4.69) is 33.8 Å². The maximum absolute atomic E-state index is 13.8. The van der Waals surface area contributed by atoms with Crippen LogP contribution < -0.4 is 4.90 Å². The molecule has 1 aliphatic heterocycles. The Morgan fingerprint density at radius 2 is 1.36 bits per heavy atom. The lowest BCUT2D eigenvalue weighted by molar-refractivity contribution is 0.0926. The van der Waals surface area contributed by atoms with Crippen LogP contribution in [0.3, 0.4) is 0 Å². The molecule has 6 aromatic rings. The molecular weight excluding hydrogens is 446 g/mol. The van der Waals surface area contributed by atoms with Gasteiger partial charge in [0.25, 0.3) is 11.8 Å². The first-order valence-electron chi connectivity index (χ1n) is 11.7. The summed E-state index contributed by atoms with van der Waals surface area (Å²) in [6.07, 6.45) is 3.60. The lowest BCUT2D eigenvalue weighted by atomic mass is 10.0. The molecule has 0 atom stereocenters. The van der Waals surface area contributed by atoms with E-state index in [0.717, 1.165) is 32.9 Å². The molecule has 0 radical (unpaired) electrons. The minimum Gasteiger partial charge on any atom is -0.308 e. The molecule has 36 heavy (non-hydrogen) atoms. The van der Waals surface area contributed by atoms with E-state index >= 15 is 0 Å². The molecule has 4 aromatic carbocycles. The Balaban J connectivity index is 1.57. The van der Waals surface area contributed by atoms with Gasteiger partial charge in [0.1, 0.15) is 0 Å². The Morgan fingerprint density at radius 1 is 0.611 bits per heavy atom. The third-order valence-electron chi connectivity index (χ3n) is 6.82. The smallest absolute Gasteiger partial charge is 0.268 e. The first-order chi connectivity index (χ1) is 17.7. The highest BCUT2D eigenvalue weighted by molar-refractivity contribution is 6.35. The molecular formula is C31H19N3O2. The minimum atomic E-state index is -0.318. The van der Waals surface area contributed by atoms with Crippen LogP contribution in [-0.4, -0.2) is 21.4 Å². The van der Waals surface area contributed by atoms with Crippen molar-refractivity contribution in [3.05, 3.63) is 127 Å². The van der Waals surface area contributed by atoms with Crippen LogP contribution in [0.25, 0.3) is 38.6 Å². The maximum Gasteiger partial charge on any atom is 0.268 e. The second kappa shape index (κ2) is 7.75. The summed E-state index contributed by atoms with van der Waals surface area (Å²) in [4.78, 5) is 32.9. The van der Waals surface area contributed by atoms with Gasteiger partial charge in [-0.1, -0.05) is 66.7 Å². The van der Waals surface area contributed by atoms with Crippen molar-refractivity contribution in [2.75, 3.05) is 4.90 Å². The van der Waals surface area contributed by atoms with Crippen molar-refractivity contribution in [1.29, 1.82) is 0 Å². The van der Waals surface area contributed by atoms with E-state index < -0.39 is 0 Å². The van der Waals surface area contributed by atoms with E-state index in [0.29, 0.717) is 22.5 Å². The van der Waals surface area contributed by atoms with Crippen LogP contribution >= 0.6 is 0 Å². The Morgan fingerprint density at radius 3 is 2.19 bits per heavy atom. The molecule has 1 aliphatic rings. The SMILES string of the molecule is O=C1c2cccc(-n3c4ccccc4c4cccc(-c5cccnc5)c43)c2C(=O)N1c1ccccc1. The van der Waals surface area contributed by atoms with Gasteiger partial charge in [-0.05, 0) is 36.4 Å². The lowest BCUT2D eigenvalue weighted by Gasteiger charge is -2.15. The number of nitrogens with zero attached hydrogens (tertiary/aromatic N) is 3. The maximum atomic E-state index is 13.8. The van der Waals surface area contributed by atoms with Gasteiger partial charge < -0.3 is 4.57 Å². The number of pyridine rings is 1. The van der Waals surface area contributed by atoms with Crippen LogP contribution in [0.1, 0.15) is 20.7 Å². The quantitative estimate of drug-likeness (QED) is 0.275. The summed E-state index contributed by atoms with van der Waals surface area (Å²) in [7, 11) is 0. The van der Waals surface area contributed by atoms with E-state index in [9.17, 15) is 9.59 Å². The number of para-hydroxylation sites is 3. The molecule has 5 nitrogen and oxygen atoms in total. The molecule has 0 unspecified atom stereocenters. The molecule has 0 N–H and O–H groups in total. The second-order valence-corrected chi connectivity index (χ2v) is 8.78. The topological polar surface area (TPSA) is 55.2 Å². The van der Waals surface area contributed by atoms with Crippen LogP contribution in [-0.2, 0) is 0 Å². The van der Waals surface area contributed by atoms with Crippen molar-refractivity contribution in [2.45, 2.75) is 0 Å². The molecule has 0 spiro atoms. The number of amides is 2. The molecule has 2 amide bonds. The van der Waals surface area contributed by atoms with E-state index in [4.69, 9.17) is 0 Å². The number of carbonyl (C=O) groups is 2. The summed E-state index contributed by atoms with van der Waals surface area (Å²) in [5.74, 6) is -0.627. The molecule has 3 heterocycles. The third kappa shape index (κ3) is 2.80. The zero-order valence-electron chi connectivity index (χ0n) is 19.1. The number of rotatable bonds is 3. The standard InChI is InChI=1S/C31H19N3O2/c35-30-25-15-7-17-27(28(25)31(36)33(30)21-10-2-1-3-11-21)34-26-16-5-4-12-23(26)24-14-6-13-22(29(24)34)20-9-8-18-32-19-20/h1-19H. The summed E-state index contributed by atoms with van der Waals surface area (Å²) < 4.78 is 2.12. The molecule has 5 heteroatoms. The lowest BCUT2D eigenvalue weighted by Crippen LogP contribution is -2.29. The van der Waals surface area contributed by atoms with Crippen LogP contribution in [0.2, 0.25) is 0 Å². The van der Waals surface area contributed by atoms with Crippen LogP contribution in [0.15, 0.2) is 116 Å². The predicted octanol–water partition coefficient (Wildman–Crippen LogP) is 6.65. The fourth-order valence-electron chi connectivity index (χ4n) is 5.29. The average molecular weight is 466 g/mol. The number of anilines is 1. The van der Waals surface area contributed by atoms with Gasteiger partial charge in [-0.2, -0.15) is 0 Å². The first kappa shape index (κ1) is 20.4. The number of imide groups is 1. The molecule has 0 fully saturated rings. The van der Waals surface area contributed by atoms with Gasteiger partial charge in [0, 0.05) is 34.3 Å². The number of carbonyl (C=O) groups excluding carboxylic acids is 2. The Labute approximate surface area is 206 Å². The van der Waals surface area contributed by atoms with Gasteiger partial charge in [0.2, 0.25) is 0 Å². The van der Waals surface area contributed by atoms with Gasteiger partial charge in [-0.15, -0.1) is 0 Å². The molecule has 170 valence electrons. The van der Waals surface area contributed by atoms with Crippen LogP contribution in [0.5, 0.6) is 0 Å². The van der Waals surface area contributed by atoms with Crippen molar-refractivity contribution in [1.82, 2.24) is 9.55 Å². The highest BCUT2D eigenvalue weighted by atomic mass is 16.2. The van der Waals surface area contributed by atoms with Crippen LogP contribution in [0.4, 0.5) is 5.69 Å². The van der Waals surface area contributed by atoms with E-state index in [1.807, 2.05) is 66.9 Å². The average Bonchev–Trinajstić information content (AvgIpc) is 3.41. The first-order valence-corrected chi connectivity index (χ1v) is 11.7. The number of aromatic nitrogens is 2. The Bertz CT molecular complexity index is 1820. The fourth-order valence-corrected chi connectivity index (χ4v) is 5.29. The van der Waals surface area contributed by atoms with Crippen LogP contribution in [0, 0.1) is 0 Å². The zero-order chi connectivity index (χ0) is 24.2. The van der Waals surface area contributed by atoms with Crippen molar-refractivity contribution < 1.29 is 9.59 Å². The summed E-state index contributed by atoms with van der Waals surface area (Å²) in [5.41, 5.74) is 5.99.